The summed E-state index contributed by atoms with van der Waals surface area (Å²) in [5.74, 6) is 0.0573. The Bertz CT molecular complexity index is 705. The van der Waals surface area contributed by atoms with Crippen LogP contribution in [-0.2, 0) is 4.79 Å². The molecule has 120 valence electrons. The van der Waals surface area contributed by atoms with Crippen LogP contribution in [0.5, 0.6) is 11.5 Å². The molecule has 0 aliphatic carbocycles. The van der Waals surface area contributed by atoms with Gasteiger partial charge in [-0.1, -0.05) is 29.8 Å². The first-order valence-corrected chi connectivity index (χ1v) is 7.10. The number of anilines is 1. The largest absolute Gasteiger partial charge is 0.493 e. The molecule has 0 unspecified atom stereocenters. The number of ether oxygens (including phenoxy) is 2. The third-order valence-electron chi connectivity index (χ3n) is 2.79. The Morgan fingerprint density at radius 1 is 1.35 bits per heavy atom. The Morgan fingerprint density at radius 3 is 2.74 bits per heavy atom. The molecular weight excluding hydrogens is 318 g/mol. The van der Waals surface area contributed by atoms with Gasteiger partial charge in [0, 0.05) is 0 Å². The molecule has 0 fully saturated rings. The van der Waals surface area contributed by atoms with Crippen LogP contribution >= 0.6 is 11.6 Å². The molecule has 0 heterocycles. The number of primary amides is 1. The van der Waals surface area contributed by atoms with E-state index in [1.165, 1.54) is 7.11 Å². The van der Waals surface area contributed by atoms with E-state index in [-0.39, 0.29) is 12.4 Å². The van der Waals surface area contributed by atoms with Gasteiger partial charge in [0.15, 0.2) is 18.1 Å². The summed E-state index contributed by atoms with van der Waals surface area (Å²) >= 11 is 6.15. The molecule has 2 aromatic rings. The van der Waals surface area contributed by atoms with Crippen molar-refractivity contribution in [3.63, 3.8) is 0 Å². The smallest absolute Gasteiger partial charge is 0.255 e. The first kappa shape index (κ1) is 16.6. The number of carbonyl (C=O) groups excluding carboxylic acids is 1. The highest BCUT2D eigenvalue weighted by molar-refractivity contribution is 6.32. The molecule has 0 aliphatic heterocycles. The number of amides is 1. The molecule has 0 aromatic heterocycles. The van der Waals surface area contributed by atoms with E-state index in [0.29, 0.717) is 16.3 Å². The van der Waals surface area contributed by atoms with Gasteiger partial charge in [-0.2, -0.15) is 5.10 Å². The van der Waals surface area contributed by atoms with Gasteiger partial charge in [-0.3, -0.25) is 10.2 Å². The fourth-order valence-corrected chi connectivity index (χ4v) is 2.07. The van der Waals surface area contributed by atoms with E-state index in [0.717, 1.165) is 5.69 Å². The second-order valence-electron chi connectivity index (χ2n) is 4.53. The minimum Gasteiger partial charge on any atom is -0.493 e. The van der Waals surface area contributed by atoms with E-state index in [1.54, 1.807) is 18.3 Å². The van der Waals surface area contributed by atoms with Gasteiger partial charge in [-0.05, 0) is 29.8 Å². The molecule has 0 spiro atoms. The topological polar surface area (TPSA) is 85.9 Å². The minimum absolute atomic E-state index is 0.265. The highest BCUT2D eigenvalue weighted by atomic mass is 35.5. The Morgan fingerprint density at radius 2 is 2.09 bits per heavy atom. The summed E-state index contributed by atoms with van der Waals surface area (Å²) in [6.07, 6.45) is 1.60. The lowest BCUT2D eigenvalue weighted by atomic mass is 10.2. The number of hydrogen-bond donors (Lipinski definition) is 2. The van der Waals surface area contributed by atoms with Crippen molar-refractivity contribution in [2.75, 3.05) is 19.1 Å². The Balaban J connectivity index is 2.13. The number of hydrazone groups is 1. The van der Waals surface area contributed by atoms with Gasteiger partial charge in [-0.25, -0.2) is 0 Å². The fraction of sp³-hybridized carbons (Fsp3) is 0.125. The van der Waals surface area contributed by atoms with Crippen molar-refractivity contribution in [1.29, 1.82) is 0 Å². The predicted molar refractivity (Wildman–Crippen MR) is 90.4 cm³/mol. The molecule has 2 rings (SSSR count). The molecule has 23 heavy (non-hydrogen) atoms. The molecule has 0 bridgehead atoms. The number of nitrogens with zero attached hydrogens (tertiary/aromatic N) is 1. The second-order valence-corrected chi connectivity index (χ2v) is 4.93. The number of methoxy groups -OCH3 is 1. The van der Waals surface area contributed by atoms with Crippen molar-refractivity contribution in [2.45, 2.75) is 0 Å². The number of carbonyl (C=O) groups is 1. The lowest BCUT2D eigenvalue weighted by molar-refractivity contribution is -0.119. The normalized spacial score (nSPS) is 10.5. The number of nitrogens with one attached hydrogen (secondary N) is 1. The van der Waals surface area contributed by atoms with Gasteiger partial charge in [0.25, 0.3) is 5.91 Å². The zero-order valence-electron chi connectivity index (χ0n) is 12.5. The van der Waals surface area contributed by atoms with E-state index in [2.05, 4.69) is 10.5 Å². The standard InChI is InChI=1S/C16H16ClN3O3/c1-22-14-8-11(7-13(17)16(14)23-10-15(18)21)9-19-20-12-5-3-2-4-6-12/h2-9,20H,10H2,1H3,(H2,18,21). The van der Waals surface area contributed by atoms with Gasteiger partial charge in [0.05, 0.1) is 24.0 Å². The molecule has 0 saturated carbocycles. The SMILES string of the molecule is COc1cc(C=NNc2ccccc2)cc(Cl)c1OCC(N)=O. The average molecular weight is 334 g/mol. The molecule has 6 nitrogen and oxygen atoms in total. The summed E-state index contributed by atoms with van der Waals surface area (Å²) in [4.78, 5) is 10.8. The van der Waals surface area contributed by atoms with Crippen LogP contribution in [0, 0.1) is 0 Å². The van der Waals surface area contributed by atoms with E-state index in [1.807, 2.05) is 30.3 Å². The first-order chi connectivity index (χ1) is 11.1. The zero-order valence-corrected chi connectivity index (χ0v) is 13.2. The lowest BCUT2D eigenvalue weighted by Gasteiger charge is -2.12. The Kier molecular flexibility index (Phi) is 5.82. The molecular formula is C16H16ClN3O3. The van der Waals surface area contributed by atoms with Crippen molar-refractivity contribution in [1.82, 2.24) is 0 Å². The maximum absolute atomic E-state index is 10.8. The molecule has 0 aliphatic rings. The van der Waals surface area contributed by atoms with E-state index < -0.39 is 5.91 Å². The van der Waals surface area contributed by atoms with Crippen LogP contribution in [-0.4, -0.2) is 25.8 Å². The van der Waals surface area contributed by atoms with E-state index >= 15 is 0 Å². The van der Waals surface area contributed by atoms with Gasteiger partial charge in [0.2, 0.25) is 0 Å². The Hall–Kier alpha value is -2.73. The van der Waals surface area contributed by atoms with Crippen LogP contribution in [0.25, 0.3) is 0 Å². The van der Waals surface area contributed by atoms with Gasteiger partial charge in [-0.15, -0.1) is 0 Å². The van der Waals surface area contributed by atoms with Gasteiger partial charge < -0.3 is 15.2 Å². The van der Waals surface area contributed by atoms with Crippen molar-refractivity contribution in [2.24, 2.45) is 10.8 Å². The second kappa shape index (κ2) is 8.05. The number of nitrogens with two attached hydrogens (primary N) is 1. The van der Waals surface area contributed by atoms with Crippen molar-refractivity contribution >= 4 is 29.4 Å². The molecule has 3 N–H and O–H groups in total. The fourth-order valence-electron chi connectivity index (χ4n) is 1.79. The van der Waals surface area contributed by atoms with Crippen molar-refractivity contribution in [3.05, 3.63) is 53.1 Å². The summed E-state index contributed by atoms with van der Waals surface area (Å²) in [5.41, 5.74) is 9.53. The number of rotatable bonds is 7. The monoisotopic (exact) mass is 333 g/mol. The highest BCUT2D eigenvalue weighted by Crippen LogP contribution is 2.36. The highest BCUT2D eigenvalue weighted by Gasteiger charge is 2.12. The summed E-state index contributed by atoms with van der Waals surface area (Å²) < 4.78 is 10.5. The summed E-state index contributed by atoms with van der Waals surface area (Å²) in [6.45, 7) is -0.279. The van der Waals surface area contributed by atoms with Crippen molar-refractivity contribution in [3.8, 4) is 11.5 Å². The minimum atomic E-state index is -0.596. The average Bonchev–Trinajstić information content (AvgIpc) is 2.54. The quantitative estimate of drug-likeness (QED) is 0.602. The maximum atomic E-state index is 10.8. The van der Waals surface area contributed by atoms with Crippen LogP contribution in [0.1, 0.15) is 5.56 Å². The number of para-hydroxylation sites is 1. The van der Waals surface area contributed by atoms with E-state index in [4.69, 9.17) is 26.8 Å². The zero-order chi connectivity index (χ0) is 16.7. The van der Waals surface area contributed by atoms with E-state index in [9.17, 15) is 4.79 Å². The summed E-state index contributed by atoms with van der Waals surface area (Å²) in [5, 5.41) is 4.43. The third-order valence-corrected chi connectivity index (χ3v) is 3.07. The number of hydrogen-bond acceptors (Lipinski definition) is 5. The molecule has 0 saturated heterocycles. The number of halogens is 1. The molecule has 2 aromatic carbocycles. The molecule has 0 radical (unpaired) electrons. The Labute approximate surface area is 138 Å². The van der Waals surface area contributed by atoms with Crippen molar-refractivity contribution < 1.29 is 14.3 Å². The van der Waals surface area contributed by atoms with Crippen LogP contribution < -0.4 is 20.6 Å². The first-order valence-electron chi connectivity index (χ1n) is 6.73. The van der Waals surface area contributed by atoms with Gasteiger partial charge in [0.1, 0.15) is 0 Å². The summed E-state index contributed by atoms with van der Waals surface area (Å²) in [6, 6.07) is 12.9. The lowest BCUT2D eigenvalue weighted by Crippen LogP contribution is -2.20. The van der Waals surface area contributed by atoms with Crippen LogP contribution in [0.3, 0.4) is 0 Å². The maximum Gasteiger partial charge on any atom is 0.255 e. The molecule has 7 heteroatoms. The predicted octanol–water partition coefficient (Wildman–Crippen LogP) is 2.66. The van der Waals surface area contributed by atoms with Gasteiger partial charge >= 0.3 is 0 Å². The van der Waals surface area contributed by atoms with Crippen LogP contribution in [0.4, 0.5) is 5.69 Å². The third kappa shape index (κ3) is 4.89. The summed E-state index contributed by atoms with van der Waals surface area (Å²) in [7, 11) is 1.48. The van der Waals surface area contributed by atoms with Crippen LogP contribution in [0.15, 0.2) is 47.6 Å². The number of benzene rings is 2. The molecule has 1 amide bonds. The molecule has 0 atom stereocenters. The van der Waals surface area contributed by atoms with Crippen LogP contribution in [0.2, 0.25) is 5.02 Å².